The van der Waals surface area contributed by atoms with Gasteiger partial charge in [0.05, 0.1) is 5.69 Å². The lowest BCUT2D eigenvalue weighted by molar-refractivity contribution is 0.533. The normalized spacial score (nSPS) is 20.8. The van der Waals surface area contributed by atoms with Gasteiger partial charge in [-0.1, -0.05) is 6.42 Å². The average molecular weight is 304 g/mol. The second kappa shape index (κ2) is 6.36. The summed E-state index contributed by atoms with van der Waals surface area (Å²) >= 11 is 2.11. The molecule has 0 radical (unpaired) electrons. The highest BCUT2D eigenvalue weighted by Crippen LogP contribution is 2.25. The van der Waals surface area contributed by atoms with E-state index in [1.54, 1.807) is 0 Å². The van der Waals surface area contributed by atoms with Gasteiger partial charge in [-0.15, -0.1) is 0 Å². The zero-order valence-corrected chi connectivity index (χ0v) is 13.9. The maximum atomic E-state index is 4.53. The summed E-state index contributed by atoms with van der Waals surface area (Å²) in [7, 11) is 0. The molecule has 2 unspecified atom stereocenters. The molecule has 0 aromatic carbocycles. The Balaban J connectivity index is 1.71. The fraction of sp³-hybridized carbons (Fsp3) is 0.625. The van der Waals surface area contributed by atoms with E-state index in [2.05, 4.69) is 41.0 Å². The van der Waals surface area contributed by atoms with E-state index < -0.39 is 0 Å². The van der Waals surface area contributed by atoms with Crippen molar-refractivity contribution < 1.29 is 0 Å². The van der Waals surface area contributed by atoms with Crippen molar-refractivity contribution in [3.8, 4) is 0 Å². The highest BCUT2D eigenvalue weighted by molar-refractivity contribution is 7.99. The Morgan fingerprint density at radius 3 is 3.05 bits per heavy atom. The van der Waals surface area contributed by atoms with Gasteiger partial charge in [0.2, 0.25) is 0 Å². The number of nitrogens with one attached hydrogen (secondary N) is 1. The van der Waals surface area contributed by atoms with Gasteiger partial charge < -0.3 is 5.32 Å². The quantitative estimate of drug-likeness (QED) is 0.941. The van der Waals surface area contributed by atoms with E-state index in [4.69, 9.17) is 0 Å². The van der Waals surface area contributed by atoms with Gasteiger partial charge in [-0.2, -0.15) is 16.9 Å². The van der Waals surface area contributed by atoms with E-state index in [0.717, 1.165) is 23.1 Å². The smallest absolute Gasteiger partial charge is 0.155 e. The van der Waals surface area contributed by atoms with Crippen LogP contribution in [0.4, 0.5) is 0 Å². The molecule has 1 fully saturated rings. The number of rotatable bonds is 4. The second-order valence-electron chi connectivity index (χ2n) is 5.97. The van der Waals surface area contributed by atoms with Crippen molar-refractivity contribution in [3.05, 3.63) is 29.2 Å². The van der Waals surface area contributed by atoms with E-state index in [1.807, 2.05) is 23.7 Å². The molecule has 3 rings (SSSR count). The highest BCUT2D eigenvalue weighted by atomic mass is 32.2. The predicted octanol–water partition coefficient (Wildman–Crippen LogP) is 3.28. The number of fused-ring (bicyclic) bond motifs is 1. The molecule has 0 amide bonds. The van der Waals surface area contributed by atoms with Crippen molar-refractivity contribution >= 4 is 17.4 Å². The van der Waals surface area contributed by atoms with Crippen LogP contribution in [0.3, 0.4) is 0 Å². The van der Waals surface area contributed by atoms with Gasteiger partial charge in [-0.3, -0.25) is 0 Å². The second-order valence-corrected chi connectivity index (χ2v) is 7.38. The van der Waals surface area contributed by atoms with Crippen LogP contribution in [0, 0.1) is 13.8 Å². The van der Waals surface area contributed by atoms with Crippen LogP contribution in [0.5, 0.6) is 0 Å². The fourth-order valence-corrected chi connectivity index (χ4v) is 4.24. The lowest BCUT2D eigenvalue weighted by Crippen LogP contribution is -2.29. The first kappa shape index (κ1) is 14.9. The molecule has 5 heteroatoms. The summed E-state index contributed by atoms with van der Waals surface area (Å²) in [5.74, 6) is 1.32. The molecule has 3 heterocycles. The lowest BCUT2D eigenvalue weighted by atomic mass is 10.1. The topological polar surface area (TPSA) is 42.2 Å². The minimum absolute atomic E-state index is 0.314. The van der Waals surface area contributed by atoms with Crippen LogP contribution in [0.2, 0.25) is 0 Å². The van der Waals surface area contributed by atoms with E-state index in [0.29, 0.717) is 6.04 Å². The third-order valence-corrected chi connectivity index (χ3v) is 5.67. The Kier molecular flexibility index (Phi) is 4.50. The fourth-order valence-electron chi connectivity index (χ4n) is 2.99. The SMILES string of the molecule is Cc1cc2ncc(C(C)NCC3CCCCS3)c(C)n2n1. The number of aromatic nitrogens is 3. The van der Waals surface area contributed by atoms with Gasteiger partial charge in [-0.05, 0) is 39.4 Å². The zero-order chi connectivity index (χ0) is 14.8. The van der Waals surface area contributed by atoms with E-state index >= 15 is 0 Å². The molecule has 1 N–H and O–H groups in total. The van der Waals surface area contributed by atoms with Crippen LogP contribution in [-0.2, 0) is 0 Å². The molecule has 2 aromatic rings. The van der Waals surface area contributed by atoms with Crippen LogP contribution in [0.1, 0.15) is 49.2 Å². The molecule has 114 valence electrons. The van der Waals surface area contributed by atoms with Crippen molar-refractivity contribution in [2.75, 3.05) is 12.3 Å². The Morgan fingerprint density at radius 2 is 2.29 bits per heavy atom. The summed E-state index contributed by atoms with van der Waals surface area (Å²) in [6.45, 7) is 7.45. The molecule has 1 aliphatic rings. The van der Waals surface area contributed by atoms with Gasteiger partial charge in [0.25, 0.3) is 0 Å². The molecule has 21 heavy (non-hydrogen) atoms. The van der Waals surface area contributed by atoms with Crippen LogP contribution in [0.15, 0.2) is 12.3 Å². The van der Waals surface area contributed by atoms with Gasteiger partial charge in [-0.25, -0.2) is 9.50 Å². The molecule has 0 aliphatic carbocycles. The Morgan fingerprint density at radius 1 is 1.43 bits per heavy atom. The summed E-state index contributed by atoms with van der Waals surface area (Å²) in [5, 5.41) is 8.98. The summed E-state index contributed by atoms with van der Waals surface area (Å²) in [5.41, 5.74) is 4.38. The molecule has 4 nitrogen and oxygen atoms in total. The molecule has 0 saturated carbocycles. The first-order valence-corrected chi connectivity index (χ1v) is 8.87. The van der Waals surface area contributed by atoms with Crippen LogP contribution in [-0.4, -0.2) is 32.1 Å². The summed E-state index contributed by atoms with van der Waals surface area (Å²) in [6.07, 6.45) is 6.11. The lowest BCUT2D eigenvalue weighted by Gasteiger charge is -2.24. The number of hydrogen-bond acceptors (Lipinski definition) is 4. The van der Waals surface area contributed by atoms with Crippen molar-refractivity contribution in [2.24, 2.45) is 0 Å². The largest absolute Gasteiger partial charge is 0.309 e. The molecule has 2 atom stereocenters. The number of hydrogen-bond donors (Lipinski definition) is 1. The average Bonchev–Trinajstić information content (AvgIpc) is 2.88. The highest BCUT2D eigenvalue weighted by Gasteiger charge is 2.17. The molecule has 0 bridgehead atoms. The van der Waals surface area contributed by atoms with Gasteiger partial charge >= 0.3 is 0 Å². The van der Waals surface area contributed by atoms with Gasteiger partial charge in [0.15, 0.2) is 5.65 Å². The van der Waals surface area contributed by atoms with E-state index in [-0.39, 0.29) is 0 Å². The molecule has 0 spiro atoms. The van der Waals surface area contributed by atoms with Gasteiger partial charge in [0.1, 0.15) is 0 Å². The Hall–Kier alpha value is -1.07. The van der Waals surface area contributed by atoms with E-state index in [9.17, 15) is 0 Å². The van der Waals surface area contributed by atoms with Crippen molar-refractivity contribution in [3.63, 3.8) is 0 Å². The molecule has 1 saturated heterocycles. The standard InChI is InChI=1S/C16H24N4S/c1-11-8-16-18-10-15(13(3)20(16)19-11)12(2)17-9-14-6-4-5-7-21-14/h8,10,12,14,17H,4-7,9H2,1-3H3. The minimum Gasteiger partial charge on any atom is -0.309 e. The maximum absolute atomic E-state index is 4.53. The first-order valence-electron chi connectivity index (χ1n) is 7.82. The van der Waals surface area contributed by atoms with Crippen molar-refractivity contribution in [1.29, 1.82) is 0 Å². The summed E-state index contributed by atoms with van der Waals surface area (Å²) < 4.78 is 1.96. The van der Waals surface area contributed by atoms with Gasteiger partial charge in [0, 0.05) is 41.4 Å². The third-order valence-electron chi connectivity index (χ3n) is 4.28. The number of aryl methyl sites for hydroxylation is 2. The molecular formula is C16H24N4S. The van der Waals surface area contributed by atoms with E-state index in [1.165, 1.54) is 36.3 Å². The summed E-state index contributed by atoms with van der Waals surface area (Å²) in [6, 6.07) is 2.34. The third kappa shape index (κ3) is 3.24. The maximum Gasteiger partial charge on any atom is 0.155 e. The Bertz CT molecular complexity index is 616. The van der Waals surface area contributed by atoms with Crippen LogP contribution >= 0.6 is 11.8 Å². The minimum atomic E-state index is 0.314. The summed E-state index contributed by atoms with van der Waals surface area (Å²) in [4.78, 5) is 4.53. The monoisotopic (exact) mass is 304 g/mol. The van der Waals surface area contributed by atoms with Crippen LogP contribution < -0.4 is 5.32 Å². The molecule has 2 aromatic heterocycles. The number of nitrogens with zero attached hydrogens (tertiary/aromatic N) is 3. The molecule has 1 aliphatic heterocycles. The first-order chi connectivity index (χ1) is 10.1. The number of thioether (sulfide) groups is 1. The zero-order valence-electron chi connectivity index (χ0n) is 13.1. The van der Waals surface area contributed by atoms with Crippen molar-refractivity contribution in [2.45, 2.75) is 51.3 Å². The van der Waals surface area contributed by atoms with Crippen LogP contribution in [0.25, 0.3) is 5.65 Å². The molecular weight excluding hydrogens is 280 g/mol. The Labute approximate surface area is 130 Å². The predicted molar refractivity (Wildman–Crippen MR) is 89.0 cm³/mol. The van der Waals surface area contributed by atoms with Crippen molar-refractivity contribution in [1.82, 2.24) is 19.9 Å².